The molecule has 7 heteroatoms. The van der Waals surface area contributed by atoms with Crippen molar-refractivity contribution in [1.29, 1.82) is 0 Å². The van der Waals surface area contributed by atoms with Crippen molar-refractivity contribution in [3.05, 3.63) is 29.3 Å². The van der Waals surface area contributed by atoms with Crippen molar-refractivity contribution in [2.75, 3.05) is 33.1 Å². The van der Waals surface area contributed by atoms with Gasteiger partial charge in [0, 0.05) is 34.6 Å². The van der Waals surface area contributed by atoms with Crippen molar-refractivity contribution in [1.82, 2.24) is 14.5 Å². The second-order valence-corrected chi connectivity index (χ2v) is 7.08. The highest BCUT2D eigenvalue weighted by Crippen LogP contribution is 2.37. The molecule has 0 bridgehead atoms. The number of aryl methyl sites for hydroxylation is 1. The highest BCUT2D eigenvalue weighted by Gasteiger charge is 2.17. The minimum absolute atomic E-state index is 0.0674. The third kappa shape index (κ3) is 3.38. The number of benzene rings is 1. The van der Waals surface area contributed by atoms with Crippen molar-refractivity contribution in [2.45, 2.75) is 6.92 Å². The third-order valence-electron chi connectivity index (χ3n) is 4.17. The smallest absolute Gasteiger partial charge is 0.240 e. The van der Waals surface area contributed by atoms with Gasteiger partial charge in [-0.2, -0.15) is 0 Å². The van der Waals surface area contributed by atoms with Gasteiger partial charge in [-0.25, -0.2) is 4.98 Å². The van der Waals surface area contributed by atoms with Crippen LogP contribution in [0.15, 0.2) is 23.6 Å². The maximum atomic E-state index is 11.9. The van der Waals surface area contributed by atoms with Gasteiger partial charge in [-0.05, 0) is 39.2 Å². The Bertz CT molecular complexity index is 927. The number of ether oxygens (including phenoxy) is 1. The molecule has 0 radical (unpaired) electrons. The van der Waals surface area contributed by atoms with E-state index in [1.165, 1.54) is 11.3 Å². The molecule has 25 heavy (non-hydrogen) atoms. The first-order valence-corrected chi connectivity index (χ1v) is 8.82. The van der Waals surface area contributed by atoms with Gasteiger partial charge in [-0.3, -0.25) is 4.79 Å². The predicted molar refractivity (Wildman–Crippen MR) is 102 cm³/mol. The SMILES string of the molecule is COc1ccc2c(c1)c(-c1csc(NC(=O)CN(C)C)n1)c(C)n2C. The highest BCUT2D eigenvalue weighted by molar-refractivity contribution is 7.14. The molecule has 0 spiro atoms. The first-order chi connectivity index (χ1) is 11.9. The molecule has 0 atom stereocenters. The summed E-state index contributed by atoms with van der Waals surface area (Å²) >= 11 is 1.43. The number of likely N-dealkylation sites (N-methyl/N-ethyl adjacent to an activating group) is 1. The number of anilines is 1. The van der Waals surface area contributed by atoms with Gasteiger partial charge in [0.15, 0.2) is 5.13 Å². The van der Waals surface area contributed by atoms with E-state index >= 15 is 0 Å². The average Bonchev–Trinajstić information content (AvgIpc) is 3.09. The topological polar surface area (TPSA) is 59.4 Å². The molecular formula is C18H22N4O2S. The lowest BCUT2D eigenvalue weighted by Gasteiger charge is -2.07. The molecule has 1 N–H and O–H groups in total. The number of hydrogen-bond donors (Lipinski definition) is 1. The lowest BCUT2D eigenvalue weighted by Crippen LogP contribution is -2.26. The van der Waals surface area contributed by atoms with E-state index in [0.29, 0.717) is 11.7 Å². The van der Waals surface area contributed by atoms with Crippen LogP contribution < -0.4 is 10.1 Å². The maximum Gasteiger partial charge on any atom is 0.240 e. The summed E-state index contributed by atoms with van der Waals surface area (Å²) in [5.74, 6) is 0.747. The second-order valence-electron chi connectivity index (χ2n) is 6.23. The number of aromatic nitrogens is 2. The van der Waals surface area contributed by atoms with Crippen LogP contribution in [-0.4, -0.2) is 48.1 Å². The van der Waals surface area contributed by atoms with Crippen molar-refractivity contribution in [3.63, 3.8) is 0 Å². The zero-order valence-electron chi connectivity index (χ0n) is 15.1. The minimum Gasteiger partial charge on any atom is -0.497 e. The lowest BCUT2D eigenvalue weighted by atomic mass is 10.1. The van der Waals surface area contributed by atoms with E-state index in [9.17, 15) is 4.79 Å². The van der Waals surface area contributed by atoms with Crippen LogP contribution in [-0.2, 0) is 11.8 Å². The molecule has 132 valence electrons. The fraction of sp³-hybridized carbons (Fsp3) is 0.333. The molecular weight excluding hydrogens is 336 g/mol. The van der Waals surface area contributed by atoms with E-state index in [1.54, 1.807) is 7.11 Å². The predicted octanol–water partition coefficient (Wildman–Crippen LogP) is 3.12. The summed E-state index contributed by atoms with van der Waals surface area (Å²) in [4.78, 5) is 18.4. The quantitative estimate of drug-likeness (QED) is 0.761. The minimum atomic E-state index is -0.0674. The second kappa shape index (κ2) is 6.85. The van der Waals surface area contributed by atoms with Crippen LogP contribution in [0.2, 0.25) is 0 Å². The summed E-state index contributed by atoms with van der Waals surface area (Å²) in [6.07, 6.45) is 0. The molecule has 1 amide bonds. The number of nitrogens with zero attached hydrogens (tertiary/aromatic N) is 3. The summed E-state index contributed by atoms with van der Waals surface area (Å²) in [6, 6.07) is 6.04. The molecule has 3 aromatic rings. The molecule has 1 aromatic carbocycles. The largest absolute Gasteiger partial charge is 0.497 e. The van der Waals surface area contributed by atoms with Crippen molar-refractivity contribution >= 4 is 33.3 Å². The molecule has 0 aliphatic rings. The number of methoxy groups -OCH3 is 1. The number of carbonyl (C=O) groups excluding carboxylic acids is 1. The van der Waals surface area contributed by atoms with E-state index < -0.39 is 0 Å². The van der Waals surface area contributed by atoms with Gasteiger partial charge >= 0.3 is 0 Å². The van der Waals surface area contributed by atoms with Crippen LogP contribution >= 0.6 is 11.3 Å². The van der Waals surface area contributed by atoms with E-state index in [2.05, 4.69) is 27.9 Å². The Kier molecular flexibility index (Phi) is 4.78. The molecule has 0 aliphatic carbocycles. The first-order valence-electron chi connectivity index (χ1n) is 7.94. The number of rotatable bonds is 5. The van der Waals surface area contributed by atoms with Crippen molar-refractivity contribution < 1.29 is 9.53 Å². The molecule has 6 nitrogen and oxygen atoms in total. The molecule has 2 heterocycles. The number of amides is 1. The fourth-order valence-corrected chi connectivity index (χ4v) is 3.61. The Balaban J connectivity index is 1.99. The summed E-state index contributed by atoms with van der Waals surface area (Å²) in [5.41, 5.74) is 4.18. The standard InChI is InChI=1S/C18H22N4O2S/c1-11-17(13-8-12(24-5)6-7-15(13)22(11)4)14-10-25-18(19-14)20-16(23)9-21(2)3/h6-8,10H,9H2,1-5H3,(H,19,20,23). The van der Waals surface area contributed by atoms with Crippen LogP contribution in [0.4, 0.5) is 5.13 Å². The van der Waals surface area contributed by atoms with Gasteiger partial charge in [0.1, 0.15) is 5.75 Å². The van der Waals surface area contributed by atoms with Crippen LogP contribution in [0.25, 0.3) is 22.2 Å². The van der Waals surface area contributed by atoms with Crippen LogP contribution in [0, 0.1) is 6.92 Å². The third-order valence-corrected chi connectivity index (χ3v) is 4.92. The highest BCUT2D eigenvalue weighted by atomic mass is 32.1. The van der Waals surface area contributed by atoms with Gasteiger partial charge in [-0.15, -0.1) is 11.3 Å². The molecule has 0 unspecified atom stereocenters. The van der Waals surface area contributed by atoms with Crippen LogP contribution in [0.3, 0.4) is 0 Å². The van der Waals surface area contributed by atoms with Crippen LogP contribution in [0.5, 0.6) is 5.75 Å². The summed E-state index contributed by atoms with van der Waals surface area (Å²) < 4.78 is 7.51. The van der Waals surface area contributed by atoms with E-state index in [4.69, 9.17) is 4.74 Å². The zero-order chi connectivity index (χ0) is 18.1. The number of carbonyl (C=O) groups is 1. The van der Waals surface area contributed by atoms with Crippen LogP contribution in [0.1, 0.15) is 5.69 Å². The summed E-state index contributed by atoms with van der Waals surface area (Å²) in [5, 5.41) is 6.54. The number of hydrogen-bond acceptors (Lipinski definition) is 5. The monoisotopic (exact) mass is 358 g/mol. The Labute approximate surface area is 151 Å². The van der Waals surface area contributed by atoms with Gasteiger partial charge < -0.3 is 19.5 Å². The first kappa shape index (κ1) is 17.4. The lowest BCUT2D eigenvalue weighted by molar-refractivity contribution is -0.116. The van der Waals surface area contributed by atoms with Gasteiger partial charge in [0.2, 0.25) is 5.91 Å². The Morgan fingerprint density at radius 3 is 2.84 bits per heavy atom. The Hall–Kier alpha value is -2.38. The maximum absolute atomic E-state index is 11.9. The Morgan fingerprint density at radius 2 is 2.16 bits per heavy atom. The van der Waals surface area contributed by atoms with E-state index in [-0.39, 0.29) is 5.91 Å². The molecule has 0 aliphatic heterocycles. The molecule has 2 aromatic heterocycles. The zero-order valence-corrected chi connectivity index (χ0v) is 15.9. The number of fused-ring (bicyclic) bond motifs is 1. The molecule has 0 fully saturated rings. The molecule has 0 saturated heterocycles. The van der Waals surface area contributed by atoms with E-state index in [1.807, 2.05) is 43.6 Å². The van der Waals surface area contributed by atoms with Gasteiger partial charge in [0.05, 0.1) is 19.3 Å². The Morgan fingerprint density at radius 1 is 1.40 bits per heavy atom. The number of thiazole rings is 1. The van der Waals surface area contributed by atoms with E-state index in [0.717, 1.165) is 33.6 Å². The van der Waals surface area contributed by atoms with Crippen molar-refractivity contribution in [3.8, 4) is 17.0 Å². The summed E-state index contributed by atoms with van der Waals surface area (Å²) in [6.45, 7) is 2.41. The average molecular weight is 358 g/mol. The molecule has 0 saturated carbocycles. The number of nitrogens with one attached hydrogen (secondary N) is 1. The summed E-state index contributed by atoms with van der Waals surface area (Å²) in [7, 11) is 7.43. The normalized spacial score (nSPS) is 11.3. The van der Waals surface area contributed by atoms with Gasteiger partial charge in [-0.1, -0.05) is 0 Å². The van der Waals surface area contributed by atoms with Gasteiger partial charge in [0.25, 0.3) is 0 Å². The fourth-order valence-electron chi connectivity index (χ4n) is 2.89. The molecule has 3 rings (SSSR count). The van der Waals surface area contributed by atoms with Crippen molar-refractivity contribution in [2.24, 2.45) is 7.05 Å².